The molecule has 24 heavy (non-hydrogen) atoms. The molecule has 3 rings (SSSR count). The second-order valence-electron chi connectivity index (χ2n) is 5.91. The second kappa shape index (κ2) is 7.71. The molecule has 0 spiro atoms. The number of amides is 1. The maximum atomic E-state index is 12.9. The Morgan fingerprint density at radius 1 is 1.33 bits per heavy atom. The van der Waals surface area contributed by atoms with Crippen LogP contribution >= 0.6 is 12.4 Å². The van der Waals surface area contributed by atoms with Crippen LogP contribution in [0.1, 0.15) is 42.8 Å². The van der Waals surface area contributed by atoms with Crippen LogP contribution in [0.3, 0.4) is 0 Å². The van der Waals surface area contributed by atoms with Crippen molar-refractivity contribution in [3.8, 4) is 0 Å². The molecule has 0 aliphatic carbocycles. The van der Waals surface area contributed by atoms with Gasteiger partial charge in [0.15, 0.2) is 0 Å². The molecule has 0 unspecified atom stereocenters. The topological polar surface area (TPSA) is 72.4 Å². The van der Waals surface area contributed by atoms with Crippen molar-refractivity contribution in [1.29, 1.82) is 0 Å². The van der Waals surface area contributed by atoms with Crippen LogP contribution in [0.2, 0.25) is 0 Å². The van der Waals surface area contributed by atoms with Gasteiger partial charge in [-0.3, -0.25) is 4.79 Å². The van der Waals surface area contributed by atoms with Crippen LogP contribution in [-0.2, 0) is 30.5 Å². The Morgan fingerprint density at radius 3 is 2.83 bits per heavy atom. The number of nitrogens with two attached hydrogens (primary N) is 1. The molecule has 1 aliphatic rings. The monoisotopic (exact) mass is 349 g/mol. The molecule has 0 saturated carbocycles. The van der Waals surface area contributed by atoms with Crippen LogP contribution in [0.25, 0.3) is 0 Å². The molecule has 130 valence electrons. The molecule has 0 saturated heterocycles. The number of aromatic nitrogens is 1. The van der Waals surface area contributed by atoms with Gasteiger partial charge in [0.2, 0.25) is 5.91 Å². The summed E-state index contributed by atoms with van der Waals surface area (Å²) in [4.78, 5) is 14.8. The molecule has 0 radical (unpaired) electrons. The second-order valence-corrected chi connectivity index (χ2v) is 5.91. The van der Waals surface area contributed by atoms with Gasteiger partial charge >= 0.3 is 0 Å². The average Bonchev–Trinajstić information content (AvgIpc) is 2.96. The van der Waals surface area contributed by atoms with Gasteiger partial charge < -0.3 is 15.2 Å². The molecule has 1 aromatic carbocycles. The highest BCUT2D eigenvalue weighted by molar-refractivity contribution is 5.96. The van der Waals surface area contributed by atoms with Crippen molar-refractivity contribution < 1.29 is 9.32 Å². The number of carbonyl (C=O) groups excluding carboxylic acids is 1. The average molecular weight is 350 g/mol. The van der Waals surface area contributed by atoms with Crippen molar-refractivity contribution in [1.82, 2.24) is 5.16 Å². The van der Waals surface area contributed by atoms with Gasteiger partial charge in [-0.05, 0) is 37.0 Å². The van der Waals surface area contributed by atoms with E-state index in [1.807, 2.05) is 36.9 Å². The van der Waals surface area contributed by atoms with E-state index in [1.54, 1.807) is 0 Å². The third-order valence-corrected chi connectivity index (χ3v) is 4.52. The van der Waals surface area contributed by atoms with E-state index in [9.17, 15) is 4.79 Å². The first-order valence-corrected chi connectivity index (χ1v) is 8.29. The van der Waals surface area contributed by atoms with Gasteiger partial charge in [-0.25, -0.2) is 0 Å². The lowest BCUT2D eigenvalue weighted by Gasteiger charge is -2.30. The summed E-state index contributed by atoms with van der Waals surface area (Å²) in [6, 6.07) is 5.79. The number of aryl methyl sites for hydroxylation is 2. The van der Waals surface area contributed by atoms with E-state index in [2.05, 4.69) is 5.16 Å². The van der Waals surface area contributed by atoms with Gasteiger partial charge in [0.1, 0.15) is 5.76 Å². The molecule has 2 aromatic rings. The van der Waals surface area contributed by atoms with Gasteiger partial charge in [0.05, 0.1) is 12.1 Å². The molecule has 0 atom stereocenters. The predicted molar refractivity (Wildman–Crippen MR) is 97.7 cm³/mol. The lowest BCUT2D eigenvalue weighted by Crippen LogP contribution is -2.37. The Kier molecular flexibility index (Phi) is 5.89. The minimum absolute atomic E-state index is 0. The quantitative estimate of drug-likeness (QED) is 0.859. The van der Waals surface area contributed by atoms with E-state index < -0.39 is 0 Å². The highest BCUT2D eigenvalue weighted by atomic mass is 35.5. The SMILES string of the molecule is CCc1noc(CC)c1CC(=O)N1CCCc2c(N)cccc21.Cl. The number of fused-ring (bicyclic) bond motifs is 1. The molecule has 2 heterocycles. The number of halogens is 1. The van der Waals surface area contributed by atoms with E-state index >= 15 is 0 Å². The summed E-state index contributed by atoms with van der Waals surface area (Å²) in [5, 5.41) is 4.10. The normalized spacial score (nSPS) is 13.3. The Morgan fingerprint density at radius 2 is 2.12 bits per heavy atom. The Labute approximate surface area is 148 Å². The predicted octanol–water partition coefficient (Wildman–Crippen LogP) is 3.33. The van der Waals surface area contributed by atoms with E-state index in [1.165, 1.54) is 0 Å². The minimum atomic E-state index is 0. The van der Waals surface area contributed by atoms with Gasteiger partial charge in [-0.15, -0.1) is 12.4 Å². The minimum Gasteiger partial charge on any atom is -0.398 e. The largest absolute Gasteiger partial charge is 0.398 e. The number of hydrogen-bond donors (Lipinski definition) is 1. The molecule has 1 aliphatic heterocycles. The van der Waals surface area contributed by atoms with Crippen LogP contribution in [0, 0.1) is 0 Å². The number of rotatable bonds is 4. The first kappa shape index (κ1) is 18.3. The number of nitrogen functional groups attached to an aromatic ring is 1. The highest BCUT2D eigenvalue weighted by Crippen LogP contribution is 2.32. The molecule has 0 bridgehead atoms. The maximum absolute atomic E-state index is 12.9. The Hall–Kier alpha value is -2.01. The van der Waals surface area contributed by atoms with Crippen LogP contribution in [0.15, 0.2) is 22.7 Å². The summed E-state index contributed by atoms with van der Waals surface area (Å²) < 4.78 is 5.37. The summed E-state index contributed by atoms with van der Waals surface area (Å²) >= 11 is 0. The molecule has 1 amide bonds. The standard InChI is InChI=1S/C18H23N3O2.ClH/c1-3-15-13(17(4-2)23-20-15)11-18(22)21-10-6-7-12-14(19)8-5-9-16(12)21;/h5,8-9H,3-4,6-7,10-11,19H2,1-2H3;1H. The fraction of sp³-hybridized carbons (Fsp3) is 0.444. The summed E-state index contributed by atoms with van der Waals surface area (Å²) in [5.41, 5.74) is 10.7. The van der Waals surface area contributed by atoms with Crippen molar-refractivity contribution >= 4 is 29.7 Å². The van der Waals surface area contributed by atoms with Gasteiger partial charge in [-0.1, -0.05) is 25.1 Å². The summed E-state index contributed by atoms with van der Waals surface area (Å²) in [7, 11) is 0. The maximum Gasteiger partial charge on any atom is 0.231 e. The molecule has 5 nitrogen and oxygen atoms in total. The number of carbonyl (C=O) groups is 1. The molecule has 0 fully saturated rings. The number of benzene rings is 1. The van der Waals surface area contributed by atoms with Gasteiger partial charge in [0, 0.05) is 29.9 Å². The van der Waals surface area contributed by atoms with Crippen LogP contribution in [0.4, 0.5) is 11.4 Å². The third kappa shape index (κ3) is 3.26. The Bertz CT molecular complexity index is 706. The Balaban J connectivity index is 0.00000208. The van der Waals surface area contributed by atoms with Crippen molar-refractivity contribution in [3.63, 3.8) is 0 Å². The van der Waals surface area contributed by atoms with Crippen LogP contribution < -0.4 is 10.6 Å². The fourth-order valence-corrected chi connectivity index (χ4v) is 3.30. The van der Waals surface area contributed by atoms with Gasteiger partial charge in [0.25, 0.3) is 0 Å². The smallest absolute Gasteiger partial charge is 0.231 e. The van der Waals surface area contributed by atoms with E-state index in [-0.39, 0.29) is 18.3 Å². The molecular weight excluding hydrogens is 326 g/mol. The molecular formula is C18H24ClN3O2. The summed E-state index contributed by atoms with van der Waals surface area (Å²) in [6.07, 6.45) is 3.73. The van der Waals surface area contributed by atoms with E-state index in [0.29, 0.717) is 6.42 Å². The van der Waals surface area contributed by atoms with Crippen LogP contribution in [0.5, 0.6) is 0 Å². The molecule has 6 heteroatoms. The zero-order valence-corrected chi connectivity index (χ0v) is 15.0. The number of anilines is 2. The van der Waals surface area contributed by atoms with Crippen molar-refractivity contribution in [2.45, 2.75) is 46.0 Å². The van der Waals surface area contributed by atoms with E-state index in [0.717, 1.165) is 66.2 Å². The first-order valence-electron chi connectivity index (χ1n) is 8.29. The van der Waals surface area contributed by atoms with E-state index in [4.69, 9.17) is 10.3 Å². The number of hydrogen-bond acceptors (Lipinski definition) is 4. The highest BCUT2D eigenvalue weighted by Gasteiger charge is 2.26. The lowest BCUT2D eigenvalue weighted by atomic mass is 9.98. The zero-order valence-electron chi connectivity index (χ0n) is 14.2. The summed E-state index contributed by atoms with van der Waals surface area (Å²) in [5.74, 6) is 0.907. The van der Waals surface area contributed by atoms with Crippen molar-refractivity contribution in [2.24, 2.45) is 0 Å². The third-order valence-electron chi connectivity index (χ3n) is 4.52. The molecule has 2 N–H and O–H groups in total. The fourth-order valence-electron chi connectivity index (χ4n) is 3.30. The first-order chi connectivity index (χ1) is 11.2. The van der Waals surface area contributed by atoms with Crippen molar-refractivity contribution in [3.05, 3.63) is 40.8 Å². The van der Waals surface area contributed by atoms with Gasteiger partial charge in [-0.2, -0.15) is 0 Å². The summed E-state index contributed by atoms with van der Waals surface area (Å²) in [6.45, 7) is 4.79. The lowest BCUT2D eigenvalue weighted by molar-refractivity contribution is -0.118. The zero-order chi connectivity index (χ0) is 16.4. The number of nitrogens with zero attached hydrogens (tertiary/aromatic N) is 2. The van der Waals surface area contributed by atoms with Crippen molar-refractivity contribution in [2.75, 3.05) is 17.2 Å². The molecule has 1 aromatic heterocycles. The van der Waals surface area contributed by atoms with Crippen LogP contribution in [-0.4, -0.2) is 17.6 Å².